The molecule has 1 aromatic carbocycles. The molecule has 0 saturated carbocycles. The summed E-state index contributed by atoms with van der Waals surface area (Å²) in [5.41, 5.74) is 5.12. The van der Waals surface area contributed by atoms with Crippen LogP contribution in [0.4, 0.5) is 20.3 Å². The first kappa shape index (κ1) is 13.3. The zero-order valence-corrected chi connectivity index (χ0v) is 10.9. The first-order chi connectivity index (χ1) is 8.97. The number of hydrogen-bond donors (Lipinski definition) is 2. The number of nitrogens with two attached hydrogens (primary N) is 1. The molecular weight excluding hydrogens is 322 g/mol. The largest absolute Gasteiger partial charge is 0.398 e. The lowest BCUT2D eigenvalue weighted by atomic mass is 10.1. The van der Waals surface area contributed by atoms with Crippen molar-refractivity contribution in [3.05, 3.63) is 46.3 Å². The normalized spacial score (nSPS) is 10.3. The van der Waals surface area contributed by atoms with Gasteiger partial charge < -0.3 is 11.1 Å². The molecule has 0 aliphatic heterocycles. The standard InChI is InChI=1S/C11H7BrF2N4O/c12-9-3-17-10(4-16-9)18-11(19)5-1-6(13)7(14)2-8(5)15/h1-4H,15H2,(H,17,18,19). The van der Waals surface area contributed by atoms with E-state index >= 15 is 0 Å². The monoisotopic (exact) mass is 328 g/mol. The molecule has 98 valence electrons. The summed E-state index contributed by atoms with van der Waals surface area (Å²) in [6, 6.07) is 1.48. The molecule has 0 fully saturated rings. The average molecular weight is 329 g/mol. The summed E-state index contributed by atoms with van der Waals surface area (Å²) in [5, 5.41) is 2.37. The van der Waals surface area contributed by atoms with Gasteiger partial charge in [0.1, 0.15) is 4.60 Å². The number of hydrogen-bond acceptors (Lipinski definition) is 4. The van der Waals surface area contributed by atoms with Crippen LogP contribution < -0.4 is 11.1 Å². The van der Waals surface area contributed by atoms with E-state index in [0.29, 0.717) is 4.60 Å². The third kappa shape index (κ3) is 3.02. The number of nitrogens with one attached hydrogen (secondary N) is 1. The fraction of sp³-hybridized carbons (Fsp3) is 0. The molecule has 0 spiro atoms. The smallest absolute Gasteiger partial charge is 0.259 e. The van der Waals surface area contributed by atoms with Crippen LogP contribution in [-0.2, 0) is 0 Å². The van der Waals surface area contributed by atoms with Crippen molar-refractivity contribution in [3.8, 4) is 0 Å². The summed E-state index contributed by atoms with van der Waals surface area (Å²) in [4.78, 5) is 19.5. The Bertz CT molecular complexity index is 633. The summed E-state index contributed by atoms with van der Waals surface area (Å²) < 4.78 is 26.4. The van der Waals surface area contributed by atoms with Gasteiger partial charge in [0.2, 0.25) is 0 Å². The van der Waals surface area contributed by atoms with E-state index in [9.17, 15) is 13.6 Å². The Hall–Kier alpha value is -2.09. The molecule has 0 atom stereocenters. The molecule has 1 amide bonds. The van der Waals surface area contributed by atoms with Crippen molar-refractivity contribution in [1.29, 1.82) is 0 Å². The Balaban J connectivity index is 2.25. The Morgan fingerprint density at radius 3 is 2.53 bits per heavy atom. The Morgan fingerprint density at radius 2 is 1.89 bits per heavy atom. The zero-order valence-electron chi connectivity index (χ0n) is 9.32. The van der Waals surface area contributed by atoms with Crippen LogP contribution in [0.15, 0.2) is 29.1 Å². The number of benzene rings is 1. The first-order valence-corrected chi connectivity index (χ1v) is 5.80. The van der Waals surface area contributed by atoms with Crippen LogP contribution in [0.25, 0.3) is 0 Å². The number of carbonyl (C=O) groups excluding carboxylic acids is 1. The molecule has 3 N–H and O–H groups in total. The Labute approximate surface area is 115 Å². The highest BCUT2D eigenvalue weighted by atomic mass is 79.9. The number of rotatable bonds is 2. The van der Waals surface area contributed by atoms with Crippen LogP contribution in [0, 0.1) is 11.6 Å². The molecule has 0 aliphatic carbocycles. The van der Waals surface area contributed by atoms with Gasteiger partial charge in [-0.3, -0.25) is 4.79 Å². The van der Waals surface area contributed by atoms with Gasteiger partial charge in [0.05, 0.1) is 18.0 Å². The molecule has 1 heterocycles. The molecule has 0 radical (unpaired) electrons. The van der Waals surface area contributed by atoms with Crippen molar-refractivity contribution in [1.82, 2.24) is 9.97 Å². The number of anilines is 2. The van der Waals surface area contributed by atoms with Crippen molar-refractivity contribution in [2.75, 3.05) is 11.1 Å². The average Bonchev–Trinajstić information content (AvgIpc) is 2.36. The minimum Gasteiger partial charge on any atom is -0.398 e. The summed E-state index contributed by atoms with van der Waals surface area (Å²) in [5.74, 6) is -2.80. The highest BCUT2D eigenvalue weighted by Gasteiger charge is 2.15. The van der Waals surface area contributed by atoms with Crippen LogP contribution in [0.5, 0.6) is 0 Å². The van der Waals surface area contributed by atoms with Crippen molar-refractivity contribution < 1.29 is 13.6 Å². The van der Waals surface area contributed by atoms with Crippen LogP contribution in [-0.4, -0.2) is 15.9 Å². The predicted molar refractivity (Wildman–Crippen MR) is 68.5 cm³/mol. The summed E-state index contributed by atoms with van der Waals surface area (Å²) in [6.45, 7) is 0. The van der Waals surface area contributed by atoms with Gasteiger partial charge in [0.15, 0.2) is 17.5 Å². The van der Waals surface area contributed by atoms with E-state index in [2.05, 4.69) is 31.2 Å². The second-order valence-corrected chi connectivity index (χ2v) is 4.34. The van der Waals surface area contributed by atoms with Gasteiger partial charge >= 0.3 is 0 Å². The van der Waals surface area contributed by atoms with E-state index in [0.717, 1.165) is 12.1 Å². The quantitative estimate of drug-likeness (QED) is 0.829. The maximum atomic E-state index is 13.1. The molecule has 5 nitrogen and oxygen atoms in total. The summed E-state index contributed by atoms with van der Waals surface area (Å²) in [6.07, 6.45) is 2.68. The zero-order chi connectivity index (χ0) is 14.0. The lowest BCUT2D eigenvalue weighted by Gasteiger charge is -2.07. The van der Waals surface area contributed by atoms with Crippen LogP contribution in [0.2, 0.25) is 0 Å². The minimum atomic E-state index is -1.15. The first-order valence-electron chi connectivity index (χ1n) is 5.01. The topological polar surface area (TPSA) is 80.9 Å². The molecule has 2 rings (SSSR count). The van der Waals surface area contributed by atoms with Crippen molar-refractivity contribution in [2.45, 2.75) is 0 Å². The second kappa shape index (κ2) is 5.27. The number of aromatic nitrogens is 2. The van der Waals surface area contributed by atoms with E-state index in [1.54, 1.807) is 0 Å². The predicted octanol–water partition coefficient (Wildman–Crippen LogP) is 2.35. The Kier molecular flexibility index (Phi) is 3.70. The minimum absolute atomic E-state index is 0.164. The molecule has 1 aromatic heterocycles. The maximum Gasteiger partial charge on any atom is 0.259 e. The van der Waals surface area contributed by atoms with Gasteiger partial charge in [-0.1, -0.05) is 0 Å². The molecule has 0 unspecified atom stereocenters. The van der Waals surface area contributed by atoms with Crippen molar-refractivity contribution in [3.63, 3.8) is 0 Å². The van der Waals surface area contributed by atoms with Gasteiger partial charge in [0, 0.05) is 11.8 Å². The van der Waals surface area contributed by atoms with E-state index in [1.807, 2.05) is 0 Å². The Morgan fingerprint density at radius 1 is 1.21 bits per heavy atom. The number of amides is 1. The highest BCUT2D eigenvalue weighted by Crippen LogP contribution is 2.18. The molecule has 19 heavy (non-hydrogen) atoms. The summed E-state index contributed by atoms with van der Waals surface area (Å²) >= 11 is 3.09. The van der Waals surface area contributed by atoms with Crippen LogP contribution in [0.1, 0.15) is 10.4 Å². The van der Waals surface area contributed by atoms with Gasteiger partial charge in [0.25, 0.3) is 5.91 Å². The third-order valence-electron chi connectivity index (χ3n) is 2.20. The molecule has 0 bridgehead atoms. The summed E-state index contributed by atoms with van der Waals surface area (Å²) in [7, 11) is 0. The highest BCUT2D eigenvalue weighted by molar-refractivity contribution is 9.10. The van der Waals surface area contributed by atoms with Crippen molar-refractivity contribution in [2.24, 2.45) is 0 Å². The van der Waals surface area contributed by atoms with E-state index < -0.39 is 17.5 Å². The fourth-order valence-corrected chi connectivity index (χ4v) is 1.52. The SMILES string of the molecule is Nc1cc(F)c(F)cc1C(=O)Nc1cnc(Br)cn1. The van der Waals surface area contributed by atoms with Gasteiger partial charge in [-0.25, -0.2) is 18.7 Å². The maximum absolute atomic E-state index is 13.1. The van der Waals surface area contributed by atoms with Gasteiger partial charge in [-0.2, -0.15) is 0 Å². The van der Waals surface area contributed by atoms with Gasteiger partial charge in [-0.15, -0.1) is 0 Å². The van der Waals surface area contributed by atoms with E-state index in [1.165, 1.54) is 12.4 Å². The number of halogens is 3. The molecule has 2 aromatic rings. The lowest BCUT2D eigenvalue weighted by molar-refractivity contribution is 0.102. The van der Waals surface area contributed by atoms with E-state index in [4.69, 9.17) is 5.73 Å². The van der Waals surface area contributed by atoms with Gasteiger partial charge in [-0.05, 0) is 22.0 Å². The lowest BCUT2D eigenvalue weighted by Crippen LogP contribution is -2.15. The molecule has 8 heteroatoms. The molecule has 0 saturated heterocycles. The van der Waals surface area contributed by atoms with E-state index in [-0.39, 0.29) is 17.1 Å². The number of carbonyl (C=O) groups is 1. The molecular formula is C11H7BrF2N4O. The van der Waals surface area contributed by atoms with Crippen LogP contribution in [0.3, 0.4) is 0 Å². The molecule has 0 aliphatic rings. The van der Waals surface area contributed by atoms with Crippen LogP contribution >= 0.6 is 15.9 Å². The third-order valence-corrected chi connectivity index (χ3v) is 2.61. The number of nitrogens with zero attached hydrogens (tertiary/aromatic N) is 2. The van der Waals surface area contributed by atoms with Crippen molar-refractivity contribution >= 4 is 33.3 Å². The number of nitrogen functional groups attached to an aromatic ring is 1. The fourth-order valence-electron chi connectivity index (χ4n) is 1.32. The second-order valence-electron chi connectivity index (χ2n) is 3.53.